The molecule has 0 radical (unpaired) electrons. The number of nitrogens with one attached hydrogen (secondary N) is 2. The SMILES string of the molecule is CC(C)(C)OC(=O)N[C@@H](CSCC1CCCCC1)C(=O)NC1CCN(C(=O)c2ccc(F)cc2)CC1. The van der Waals surface area contributed by atoms with Crippen molar-refractivity contribution in [3.05, 3.63) is 35.6 Å². The normalized spacial score (nSPS) is 18.4. The number of nitrogens with zero attached hydrogens (tertiary/aromatic N) is 1. The molecule has 1 atom stereocenters. The Labute approximate surface area is 218 Å². The summed E-state index contributed by atoms with van der Waals surface area (Å²) in [5.41, 5.74) is -0.194. The topological polar surface area (TPSA) is 87.7 Å². The fourth-order valence-corrected chi connectivity index (χ4v) is 5.92. The third-order valence-electron chi connectivity index (χ3n) is 6.59. The van der Waals surface area contributed by atoms with Crippen LogP contribution in [0.1, 0.15) is 76.1 Å². The number of hydrogen-bond donors (Lipinski definition) is 2. The van der Waals surface area contributed by atoms with Gasteiger partial charge < -0.3 is 20.3 Å². The fourth-order valence-electron chi connectivity index (χ4n) is 4.64. The number of benzene rings is 1. The summed E-state index contributed by atoms with van der Waals surface area (Å²) in [5, 5.41) is 5.84. The van der Waals surface area contributed by atoms with Crippen LogP contribution < -0.4 is 10.6 Å². The van der Waals surface area contributed by atoms with Crippen LogP contribution in [0.15, 0.2) is 24.3 Å². The first kappa shape index (κ1) is 28.3. The molecule has 0 aromatic heterocycles. The van der Waals surface area contributed by atoms with Gasteiger partial charge in [0.15, 0.2) is 0 Å². The van der Waals surface area contributed by atoms with E-state index in [-0.39, 0.29) is 23.7 Å². The smallest absolute Gasteiger partial charge is 0.408 e. The molecule has 9 heteroatoms. The van der Waals surface area contributed by atoms with Gasteiger partial charge in [-0.1, -0.05) is 19.3 Å². The molecule has 2 fully saturated rings. The van der Waals surface area contributed by atoms with Gasteiger partial charge in [-0.2, -0.15) is 11.8 Å². The monoisotopic (exact) mass is 521 g/mol. The number of ether oxygens (including phenoxy) is 1. The van der Waals surface area contributed by atoms with Crippen molar-refractivity contribution in [3.63, 3.8) is 0 Å². The third-order valence-corrected chi connectivity index (χ3v) is 7.87. The van der Waals surface area contributed by atoms with Crippen LogP contribution in [0.2, 0.25) is 0 Å². The van der Waals surface area contributed by atoms with Crippen molar-refractivity contribution >= 4 is 29.7 Å². The highest BCUT2D eigenvalue weighted by Crippen LogP contribution is 2.27. The van der Waals surface area contributed by atoms with E-state index in [1.54, 1.807) is 37.4 Å². The maximum atomic E-state index is 13.2. The number of likely N-dealkylation sites (tertiary alicyclic amines) is 1. The van der Waals surface area contributed by atoms with E-state index in [0.29, 0.717) is 43.2 Å². The number of hydrogen-bond acceptors (Lipinski definition) is 5. The van der Waals surface area contributed by atoms with Crippen LogP contribution in [-0.4, -0.2) is 65.1 Å². The number of amides is 3. The minimum atomic E-state index is -0.688. The van der Waals surface area contributed by atoms with Crippen LogP contribution in [0.4, 0.5) is 9.18 Å². The van der Waals surface area contributed by atoms with Crippen molar-refractivity contribution in [1.29, 1.82) is 0 Å². The lowest BCUT2D eigenvalue weighted by atomic mass is 9.91. The fraction of sp³-hybridized carbons (Fsp3) is 0.667. The highest BCUT2D eigenvalue weighted by Gasteiger charge is 2.29. The number of rotatable bonds is 8. The maximum Gasteiger partial charge on any atom is 0.408 e. The van der Waals surface area contributed by atoms with Crippen LogP contribution in [0.3, 0.4) is 0 Å². The third kappa shape index (κ3) is 9.30. The van der Waals surface area contributed by atoms with Gasteiger partial charge >= 0.3 is 6.09 Å². The second kappa shape index (κ2) is 13.3. The second-order valence-electron chi connectivity index (χ2n) is 10.8. The van der Waals surface area contributed by atoms with Gasteiger partial charge in [0.25, 0.3) is 5.91 Å². The summed E-state index contributed by atoms with van der Waals surface area (Å²) >= 11 is 1.71. The average molecular weight is 522 g/mol. The van der Waals surface area contributed by atoms with Gasteiger partial charge in [0.1, 0.15) is 17.5 Å². The standard InChI is InChI=1S/C27H40FN3O4S/c1-27(2,3)35-26(34)30-23(18-36-17-19-7-5-4-6-8-19)24(32)29-22-13-15-31(16-14-22)25(33)20-9-11-21(28)12-10-20/h9-12,19,22-23H,4-8,13-18H2,1-3H3,(H,29,32)(H,30,34)/t23-/m0/s1. The van der Waals surface area contributed by atoms with Gasteiger partial charge in [-0.15, -0.1) is 0 Å². The summed E-state index contributed by atoms with van der Waals surface area (Å²) in [6.07, 6.45) is 6.96. The first-order chi connectivity index (χ1) is 17.1. The lowest BCUT2D eigenvalue weighted by molar-refractivity contribution is -0.123. The van der Waals surface area contributed by atoms with Crippen molar-refractivity contribution in [3.8, 4) is 0 Å². The number of thioether (sulfide) groups is 1. The molecule has 3 rings (SSSR count). The summed E-state index contributed by atoms with van der Waals surface area (Å²) < 4.78 is 18.5. The molecule has 0 bridgehead atoms. The van der Waals surface area contributed by atoms with E-state index in [1.165, 1.54) is 56.4 Å². The molecule has 2 aliphatic rings. The van der Waals surface area contributed by atoms with Crippen LogP contribution in [0.5, 0.6) is 0 Å². The molecule has 0 unspecified atom stereocenters. The van der Waals surface area contributed by atoms with E-state index in [4.69, 9.17) is 4.74 Å². The zero-order valence-corrected chi connectivity index (χ0v) is 22.5. The molecule has 2 N–H and O–H groups in total. The van der Waals surface area contributed by atoms with Crippen LogP contribution in [0, 0.1) is 11.7 Å². The maximum absolute atomic E-state index is 13.2. The predicted octanol–water partition coefficient (Wildman–Crippen LogP) is 4.75. The van der Waals surface area contributed by atoms with E-state index in [1.807, 2.05) is 0 Å². The highest BCUT2D eigenvalue weighted by atomic mass is 32.2. The quantitative estimate of drug-likeness (QED) is 0.515. The van der Waals surface area contributed by atoms with Gasteiger partial charge in [0, 0.05) is 30.4 Å². The predicted molar refractivity (Wildman–Crippen MR) is 141 cm³/mol. The molecule has 3 amide bonds. The Kier molecular flexibility index (Phi) is 10.5. The molecule has 1 aromatic rings. The number of alkyl carbamates (subject to hydrolysis) is 1. The van der Waals surface area contributed by atoms with E-state index >= 15 is 0 Å². The molecule has 7 nitrogen and oxygen atoms in total. The summed E-state index contributed by atoms with van der Waals surface area (Å²) in [6, 6.07) is 4.77. The minimum absolute atomic E-state index is 0.0824. The van der Waals surface area contributed by atoms with Gasteiger partial charge in [-0.25, -0.2) is 9.18 Å². The van der Waals surface area contributed by atoms with Crippen molar-refractivity contribution in [2.45, 2.75) is 83.4 Å². The van der Waals surface area contributed by atoms with Gasteiger partial charge in [-0.3, -0.25) is 9.59 Å². The summed E-state index contributed by atoms with van der Waals surface area (Å²) in [5.74, 6) is 1.42. The van der Waals surface area contributed by atoms with Crippen molar-refractivity contribution in [1.82, 2.24) is 15.5 Å². The zero-order valence-electron chi connectivity index (χ0n) is 21.7. The summed E-state index contributed by atoms with van der Waals surface area (Å²) in [6.45, 7) is 6.38. The van der Waals surface area contributed by atoms with Crippen molar-refractivity contribution in [2.24, 2.45) is 5.92 Å². The van der Waals surface area contributed by atoms with Crippen LogP contribution in [-0.2, 0) is 9.53 Å². The molecule has 1 aliphatic carbocycles. The first-order valence-electron chi connectivity index (χ1n) is 13.0. The minimum Gasteiger partial charge on any atom is -0.444 e. The first-order valence-corrected chi connectivity index (χ1v) is 14.2. The Bertz CT molecular complexity index is 876. The van der Waals surface area contributed by atoms with Crippen molar-refractivity contribution in [2.75, 3.05) is 24.6 Å². The molecule has 1 aromatic carbocycles. The number of halogens is 1. The lowest BCUT2D eigenvalue weighted by Crippen LogP contribution is -2.54. The zero-order chi connectivity index (χ0) is 26.1. The molecule has 36 heavy (non-hydrogen) atoms. The molecule has 200 valence electrons. The number of carbonyl (C=O) groups is 3. The van der Waals surface area contributed by atoms with E-state index in [9.17, 15) is 18.8 Å². The van der Waals surface area contributed by atoms with Gasteiger partial charge in [0.05, 0.1) is 0 Å². The van der Waals surface area contributed by atoms with Gasteiger partial charge in [0.2, 0.25) is 5.91 Å². The lowest BCUT2D eigenvalue weighted by Gasteiger charge is -2.33. The van der Waals surface area contributed by atoms with E-state index < -0.39 is 17.7 Å². The van der Waals surface area contributed by atoms with Crippen LogP contribution in [0.25, 0.3) is 0 Å². The molecule has 1 heterocycles. The largest absolute Gasteiger partial charge is 0.444 e. The molecule has 1 saturated heterocycles. The summed E-state index contributed by atoms with van der Waals surface area (Å²) in [4.78, 5) is 40.0. The number of piperidine rings is 1. The Morgan fingerprint density at radius 3 is 2.31 bits per heavy atom. The Hall–Kier alpha value is -2.29. The second-order valence-corrected chi connectivity index (χ2v) is 11.9. The molecular weight excluding hydrogens is 481 g/mol. The Morgan fingerprint density at radius 2 is 1.69 bits per heavy atom. The molecule has 0 spiro atoms. The molecule has 1 aliphatic heterocycles. The Balaban J connectivity index is 1.51. The van der Waals surface area contributed by atoms with Crippen molar-refractivity contribution < 1.29 is 23.5 Å². The van der Waals surface area contributed by atoms with E-state index in [0.717, 1.165) is 5.75 Å². The molecular formula is C27H40FN3O4S. The molecule has 1 saturated carbocycles. The van der Waals surface area contributed by atoms with Crippen LogP contribution >= 0.6 is 11.8 Å². The Morgan fingerprint density at radius 1 is 1.06 bits per heavy atom. The summed E-state index contributed by atoms with van der Waals surface area (Å²) in [7, 11) is 0. The average Bonchev–Trinajstić information content (AvgIpc) is 2.83. The van der Waals surface area contributed by atoms with Gasteiger partial charge in [-0.05, 0) is 82.4 Å². The van der Waals surface area contributed by atoms with E-state index in [2.05, 4.69) is 10.6 Å². The highest BCUT2D eigenvalue weighted by molar-refractivity contribution is 7.99. The number of carbonyl (C=O) groups excluding carboxylic acids is 3.